The highest BCUT2D eigenvalue weighted by Gasteiger charge is 2.25. The molecular weight excluding hydrogens is 354 g/mol. The van der Waals surface area contributed by atoms with E-state index in [0.29, 0.717) is 24.6 Å². The molecule has 0 saturated carbocycles. The molecule has 1 amide bonds. The molecule has 2 aliphatic heterocycles. The average Bonchev–Trinajstić information content (AvgIpc) is 2.98. The summed E-state index contributed by atoms with van der Waals surface area (Å²) in [6, 6.07) is 8.26. The lowest BCUT2D eigenvalue weighted by molar-refractivity contribution is 0.0346. The number of rotatable bonds is 5. The number of carbonyl (C=O) groups is 1. The van der Waals surface area contributed by atoms with Gasteiger partial charge in [-0.2, -0.15) is 0 Å². The molecule has 0 atom stereocenters. The van der Waals surface area contributed by atoms with Crippen molar-refractivity contribution in [3.8, 4) is 0 Å². The average molecular weight is 383 g/mol. The Labute approximate surface area is 166 Å². The van der Waals surface area contributed by atoms with Gasteiger partial charge in [-0.05, 0) is 31.9 Å². The highest BCUT2D eigenvalue weighted by Crippen LogP contribution is 2.18. The van der Waals surface area contributed by atoms with Crippen LogP contribution in [-0.2, 0) is 24.1 Å². The van der Waals surface area contributed by atoms with Crippen molar-refractivity contribution in [2.75, 3.05) is 32.8 Å². The van der Waals surface area contributed by atoms with Gasteiger partial charge in [-0.25, -0.2) is 0 Å². The van der Waals surface area contributed by atoms with Gasteiger partial charge < -0.3 is 14.6 Å². The van der Waals surface area contributed by atoms with Gasteiger partial charge in [0.25, 0.3) is 5.91 Å². The summed E-state index contributed by atoms with van der Waals surface area (Å²) in [4.78, 5) is 14.9. The first-order chi connectivity index (χ1) is 13.7. The van der Waals surface area contributed by atoms with Crippen molar-refractivity contribution in [3.63, 3.8) is 0 Å². The van der Waals surface area contributed by atoms with Crippen LogP contribution >= 0.6 is 0 Å². The van der Waals surface area contributed by atoms with Crippen LogP contribution in [0.15, 0.2) is 24.3 Å². The summed E-state index contributed by atoms with van der Waals surface area (Å²) in [6.07, 6.45) is 3.87. The van der Waals surface area contributed by atoms with E-state index in [1.807, 2.05) is 31.2 Å². The number of benzene rings is 1. The Bertz CT molecular complexity index is 796. The van der Waals surface area contributed by atoms with E-state index in [1.54, 1.807) is 0 Å². The molecule has 1 N–H and O–H groups in total. The van der Waals surface area contributed by atoms with Crippen molar-refractivity contribution in [2.45, 2.75) is 45.2 Å². The summed E-state index contributed by atoms with van der Waals surface area (Å²) in [5.74, 6) is 1.99. The highest BCUT2D eigenvalue weighted by atomic mass is 16.5. The lowest BCUT2D eigenvalue weighted by Gasteiger charge is -2.33. The van der Waals surface area contributed by atoms with Gasteiger partial charge in [-0.3, -0.25) is 9.69 Å². The molecule has 1 fully saturated rings. The van der Waals surface area contributed by atoms with Crippen LogP contribution in [-0.4, -0.2) is 64.5 Å². The van der Waals surface area contributed by atoms with Crippen LogP contribution in [0.4, 0.5) is 0 Å². The van der Waals surface area contributed by atoms with E-state index in [0.717, 1.165) is 69.3 Å². The third kappa shape index (κ3) is 4.42. The summed E-state index contributed by atoms with van der Waals surface area (Å²) in [7, 11) is 0. The van der Waals surface area contributed by atoms with Crippen LogP contribution in [0.3, 0.4) is 0 Å². The molecule has 0 aliphatic carbocycles. The third-order valence-electron chi connectivity index (χ3n) is 5.79. The number of amides is 1. The maximum atomic E-state index is 12.3. The van der Waals surface area contributed by atoms with Gasteiger partial charge in [0, 0.05) is 63.8 Å². The van der Waals surface area contributed by atoms with Gasteiger partial charge in [-0.1, -0.05) is 17.7 Å². The van der Waals surface area contributed by atoms with E-state index < -0.39 is 0 Å². The zero-order valence-electron chi connectivity index (χ0n) is 16.6. The minimum Gasteiger partial charge on any atom is -0.381 e. The fraction of sp³-hybridized carbons (Fsp3) is 0.571. The number of hydrogen-bond donors (Lipinski definition) is 1. The Kier molecular flexibility index (Phi) is 6.02. The summed E-state index contributed by atoms with van der Waals surface area (Å²) in [5.41, 5.74) is 1.84. The molecule has 7 nitrogen and oxygen atoms in total. The number of carbonyl (C=O) groups excluding carboxylic acids is 1. The molecule has 1 saturated heterocycles. The van der Waals surface area contributed by atoms with Crippen LogP contribution in [0.5, 0.6) is 0 Å². The Morgan fingerprint density at radius 2 is 1.93 bits per heavy atom. The van der Waals surface area contributed by atoms with Crippen molar-refractivity contribution in [1.29, 1.82) is 0 Å². The zero-order chi connectivity index (χ0) is 19.3. The number of aryl methyl sites for hydroxylation is 1. The molecular formula is C21H29N5O2. The minimum absolute atomic E-state index is 0.0405. The number of nitrogens with zero attached hydrogens (tertiary/aromatic N) is 4. The van der Waals surface area contributed by atoms with Gasteiger partial charge in [-0.15, -0.1) is 10.2 Å². The Balaban J connectivity index is 1.31. The second-order valence-corrected chi connectivity index (χ2v) is 7.69. The first-order valence-corrected chi connectivity index (χ1v) is 10.3. The van der Waals surface area contributed by atoms with E-state index in [9.17, 15) is 4.79 Å². The molecule has 1 aromatic heterocycles. The lowest BCUT2D eigenvalue weighted by Crippen LogP contribution is -2.41. The normalized spacial score (nSPS) is 18.5. The molecule has 150 valence electrons. The fourth-order valence-electron chi connectivity index (χ4n) is 4.09. The number of aromatic nitrogens is 3. The van der Waals surface area contributed by atoms with Gasteiger partial charge >= 0.3 is 0 Å². The molecule has 2 aromatic rings. The van der Waals surface area contributed by atoms with Gasteiger partial charge in [0.15, 0.2) is 0 Å². The molecule has 0 spiro atoms. The predicted octanol–water partition coefficient (Wildman–Crippen LogP) is 1.60. The van der Waals surface area contributed by atoms with E-state index in [-0.39, 0.29) is 5.91 Å². The first kappa shape index (κ1) is 19.1. The molecule has 0 unspecified atom stereocenters. The molecule has 28 heavy (non-hydrogen) atoms. The van der Waals surface area contributed by atoms with Gasteiger partial charge in [0.05, 0.1) is 0 Å². The van der Waals surface area contributed by atoms with E-state index in [2.05, 4.69) is 25.0 Å². The standard InChI is InChI=1S/C21H29N5O2/c1-16-2-4-17(5-3-16)21(27)22-10-6-19-23-24-20-7-11-25(12-13-26(19)20)18-8-14-28-15-9-18/h2-5,18H,6-15H2,1H3,(H,22,27). The van der Waals surface area contributed by atoms with Crippen molar-refractivity contribution in [3.05, 3.63) is 47.0 Å². The van der Waals surface area contributed by atoms with Gasteiger partial charge in [0.1, 0.15) is 11.6 Å². The molecule has 7 heteroatoms. The monoisotopic (exact) mass is 383 g/mol. The second kappa shape index (κ2) is 8.84. The van der Waals surface area contributed by atoms with E-state index >= 15 is 0 Å². The molecule has 0 bridgehead atoms. The van der Waals surface area contributed by atoms with Crippen molar-refractivity contribution >= 4 is 5.91 Å². The summed E-state index contributed by atoms with van der Waals surface area (Å²) >= 11 is 0. The topological polar surface area (TPSA) is 72.3 Å². The third-order valence-corrected chi connectivity index (χ3v) is 5.79. The fourth-order valence-corrected chi connectivity index (χ4v) is 4.09. The zero-order valence-corrected chi connectivity index (χ0v) is 16.6. The van der Waals surface area contributed by atoms with Crippen LogP contribution in [0.1, 0.15) is 40.4 Å². The number of hydrogen-bond acceptors (Lipinski definition) is 5. The summed E-state index contributed by atoms with van der Waals surface area (Å²) < 4.78 is 7.75. The van der Waals surface area contributed by atoms with E-state index in [4.69, 9.17) is 4.74 Å². The smallest absolute Gasteiger partial charge is 0.251 e. The predicted molar refractivity (Wildman–Crippen MR) is 106 cm³/mol. The number of ether oxygens (including phenoxy) is 1. The Morgan fingerprint density at radius 1 is 1.14 bits per heavy atom. The quantitative estimate of drug-likeness (QED) is 0.849. The Morgan fingerprint density at radius 3 is 2.71 bits per heavy atom. The van der Waals surface area contributed by atoms with Crippen LogP contribution < -0.4 is 5.32 Å². The van der Waals surface area contributed by atoms with E-state index in [1.165, 1.54) is 0 Å². The Hall–Kier alpha value is -2.25. The van der Waals surface area contributed by atoms with Crippen LogP contribution in [0.25, 0.3) is 0 Å². The number of fused-ring (bicyclic) bond motifs is 1. The van der Waals surface area contributed by atoms with Crippen LogP contribution in [0.2, 0.25) is 0 Å². The van der Waals surface area contributed by atoms with Crippen LogP contribution in [0, 0.1) is 6.92 Å². The first-order valence-electron chi connectivity index (χ1n) is 10.3. The van der Waals surface area contributed by atoms with Crippen molar-refractivity contribution < 1.29 is 9.53 Å². The molecule has 2 aliphatic rings. The largest absolute Gasteiger partial charge is 0.381 e. The number of nitrogens with one attached hydrogen (secondary N) is 1. The molecule has 1 aromatic carbocycles. The van der Waals surface area contributed by atoms with Gasteiger partial charge in [0.2, 0.25) is 0 Å². The maximum absolute atomic E-state index is 12.3. The minimum atomic E-state index is -0.0405. The SMILES string of the molecule is Cc1ccc(C(=O)NCCc2nnc3n2CCN(C2CCOCC2)CC3)cc1. The second-order valence-electron chi connectivity index (χ2n) is 7.69. The summed E-state index contributed by atoms with van der Waals surface area (Å²) in [5, 5.41) is 11.8. The van der Waals surface area contributed by atoms with Crippen molar-refractivity contribution in [2.24, 2.45) is 0 Å². The lowest BCUT2D eigenvalue weighted by atomic mass is 10.1. The molecule has 3 heterocycles. The molecule has 0 radical (unpaired) electrons. The van der Waals surface area contributed by atoms with Crippen molar-refractivity contribution in [1.82, 2.24) is 25.0 Å². The molecule has 4 rings (SSSR count). The highest BCUT2D eigenvalue weighted by molar-refractivity contribution is 5.94. The summed E-state index contributed by atoms with van der Waals surface area (Å²) in [6.45, 7) is 7.31. The maximum Gasteiger partial charge on any atom is 0.251 e.